The highest BCUT2D eigenvalue weighted by Crippen LogP contribution is 2.56. The standard InChI is InChI=1S/C21H28BrN2/c1-7-20(4,5)21-11-13-23(6)19(21)24(12-10-15(2)3)18-14-16(22)8-9-17(18)21/h7-10,14H,1,11-13H2,2-6H3/q+1. The van der Waals surface area contributed by atoms with Crippen molar-refractivity contribution in [3.05, 3.63) is 52.5 Å². The molecule has 0 saturated carbocycles. The molecule has 0 spiro atoms. The van der Waals surface area contributed by atoms with Gasteiger partial charge in [0.1, 0.15) is 17.6 Å². The van der Waals surface area contributed by atoms with Gasteiger partial charge in [0.2, 0.25) is 0 Å². The lowest BCUT2D eigenvalue weighted by Gasteiger charge is -2.37. The summed E-state index contributed by atoms with van der Waals surface area (Å²) < 4.78 is 3.58. The molecule has 128 valence electrons. The van der Waals surface area contributed by atoms with Gasteiger partial charge in [-0.25, -0.2) is 4.90 Å². The van der Waals surface area contributed by atoms with Crippen LogP contribution in [0.1, 0.15) is 39.7 Å². The van der Waals surface area contributed by atoms with E-state index in [1.807, 2.05) is 0 Å². The van der Waals surface area contributed by atoms with Gasteiger partial charge in [-0.15, -0.1) is 6.58 Å². The maximum absolute atomic E-state index is 4.18. The van der Waals surface area contributed by atoms with Crippen LogP contribution < -0.4 is 4.90 Å². The first-order valence-electron chi connectivity index (χ1n) is 8.67. The first kappa shape index (κ1) is 17.5. The van der Waals surface area contributed by atoms with E-state index in [-0.39, 0.29) is 10.8 Å². The fourth-order valence-corrected chi connectivity index (χ4v) is 4.71. The molecule has 0 aromatic heterocycles. The van der Waals surface area contributed by atoms with Crippen molar-refractivity contribution in [3.8, 4) is 0 Å². The van der Waals surface area contributed by atoms with Crippen molar-refractivity contribution in [3.63, 3.8) is 0 Å². The molecule has 1 aromatic rings. The van der Waals surface area contributed by atoms with Crippen LogP contribution >= 0.6 is 15.9 Å². The van der Waals surface area contributed by atoms with E-state index in [4.69, 9.17) is 0 Å². The van der Waals surface area contributed by atoms with Crippen molar-refractivity contribution in [2.45, 2.75) is 39.5 Å². The Labute approximate surface area is 154 Å². The topological polar surface area (TPSA) is 6.25 Å². The van der Waals surface area contributed by atoms with E-state index in [1.54, 1.807) is 0 Å². The monoisotopic (exact) mass is 387 g/mol. The Morgan fingerprint density at radius 2 is 2.12 bits per heavy atom. The van der Waals surface area contributed by atoms with Crippen LogP contribution in [0, 0.1) is 5.41 Å². The van der Waals surface area contributed by atoms with Gasteiger partial charge in [0.25, 0.3) is 5.84 Å². The number of halogens is 1. The maximum Gasteiger partial charge on any atom is 0.264 e. The highest BCUT2D eigenvalue weighted by molar-refractivity contribution is 9.10. The maximum atomic E-state index is 4.18. The normalized spacial score (nSPS) is 22.5. The smallest absolute Gasteiger partial charge is 0.264 e. The lowest BCUT2D eigenvalue weighted by atomic mass is 9.61. The molecule has 1 aromatic carbocycles. The largest absolute Gasteiger partial charge is 0.267 e. The van der Waals surface area contributed by atoms with Crippen molar-refractivity contribution in [1.29, 1.82) is 0 Å². The van der Waals surface area contributed by atoms with Gasteiger partial charge in [-0.2, -0.15) is 0 Å². The lowest BCUT2D eigenvalue weighted by Crippen LogP contribution is -2.48. The molecule has 0 amide bonds. The zero-order valence-corrected chi connectivity index (χ0v) is 17.1. The molecule has 3 heteroatoms. The van der Waals surface area contributed by atoms with Crippen molar-refractivity contribution >= 4 is 27.5 Å². The molecule has 0 fully saturated rings. The number of anilines is 1. The number of hydrogen-bond donors (Lipinski definition) is 0. The Balaban J connectivity index is 2.28. The second-order valence-electron chi connectivity index (χ2n) is 7.88. The van der Waals surface area contributed by atoms with E-state index in [0.29, 0.717) is 0 Å². The summed E-state index contributed by atoms with van der Waals surface area (Å²) in [7, 11) is 2.23. The summed E-state index contributed by atoms with van der Waals surface area (Å²) >= 11 is 3.67. The molecule has 0 radical (unpaired) electrons. The van der Waals surface area contributed by atoms with Crippen LogP contribution in [-0.2, 0) is 5.41 Å². The molecule has 24 heavy (non-hydrogen) atoms. The lowest BCUT2D eigenvalue weighted by molar-refractivity contribution is -0.489. The first-order valence-corrected chi connectivity index (χ1v) is 9.47. The van der Waals surface area contributed by atoms with Gasteiger partial charge < -0.3 is 0 Å². The molecule has 0 bridgehead atoms. The quantitative estimate of drug-likeness (QED) is 0.512. The van der Waals surface area contributed by atoms with Crippen LogP contribution in [0.15, 0.2) is 47.0 Å². The third-order valence-corrected chi connectivity index (χ3v) is 6.32. The molecule has 1 unspecified atom stereocenters. The Morgan fingerprint density at radius 3 is 2.75 bits per heavy atom. The Kier molecular flexibility index (Phi) is 4.28. The second-order valence-corrected chi connectivity index (χ2v) is 8.80. The summed E-state index contributed by atoms with van der Waals surface area (Å²) in [6.07, 6.45) is 5.60. The van der Waals surface area contributed by atoms with E-state index in [1.165, 1.54) is 22.7 Å². The molecule has 0 aliphatic carbocycles. The van der Waals surface area contributed by atoms with E-state index in [2.05, 4.69) is 97.1 Å². The van der Waals surface area contributed by atoms with Crippen LogP contribution in [0.4, 0.5) is 5.69 Å². The Hall–Kier alpha value is -1.35. The van der Waals surface area contributed by atoms with Gasteiger partial charge in [-0.05, 0) is 32.1 Å². The number of hydrogen-bond acceptors (Lipinski definition) is 1. The summed E-state index contributed by atoms with van der Waals surface area (Å²) in [4.78, 5) is 2.51. The molecule has 2 nitrogen and oxygen atoms in total. The van der Waals surface area contributed by atoms with Crippen LogP contribution in [-0.4, -0.2) is 30.5 Å². The second kappa shape index (κ2) is 5.87. The minimum atomic E-state index is -0.00457. The summed E-state index contributed by atoms with van der Waals surface area (Å²) in [5.41, 5.74) is 4.13. The van der Waals surface area contributed by atoms with Gasteiger partial charge >= 0.3 is 0 Å². The molecule has 0 N–H and O–H groups in total. The molecule has 3 rings (SSSR count). The summed E-state index contributed by atoms with van der Waals surface area (Å²) in [6.45, 7) is 15.2. The fraction of sp³-hybridized carbons (Fsp3) is 0.476. The first-order chi connectivity index (χ1) is 11.2. The molecular weight excluding hydrogens is 360 g/mol. The van der Waals surface area contributed by atoms with Crippen LogP contribution in [0.25, 0.3) is 0 Å². The third kappa shape index (κ3) is 2.32. The van der Waals surface area contributed by atoms with Crippen molar-refractivity contribution in [1.82, 2.24) is 0 Å². The average molecular weight is 388 g/mol. The van der Waals surface area contributed by atoms with Crippen LogP contribution in [0.3, 0.4) is 0 Å². The van der Waals surface area contributed by atoms with E-state index >= 15 is 0 Å². The van der Waals surface area contributed by atoms with Crippen LogP contribution in [0.2, 0.25) is 0 Å². The third-order valence-electron chi connectivity index (χ3n) is 5.82. The van der Waals surface area contributed by atoms with E-state index < -0.39 is 0 Å². The predicted octanol–water partition coefficient (Wildman–Crippen LogP) is 5.13. The zero-order valence-electron chi connectivity index (χ0n) is 15.5. The van der Waals surface area contributed by atoms with Crippen molar-refractivity contribution < 1.29 is 4.58 Å². The SMILES string of the molecule is C=CC(C)(C)C12CC[N+](C)=C1N(CC=C(C)C)c1cc(Br)ccc12. The summed E-state index contributed by atoms with van der Waals surface area (Å²) in [5, 5.41) is 0. The Bertz CT molecular complexity index is 753. The number of amidine groups is 1. The summed E-state index contributed by atoms with van der Waals surface area (Å²) in [6, 6.07) is 6.76. The summed E-state index contributed by atoms with van der Waals surface area (Å²) in [5.74, 6) is 1.43. The molecule has 2 heterocycles. The number of rotatable bonds is 4. The Morgan fingerprint density at radius 1 is 1.42 bits per heavy atom. The zero-order chi connectivity index (χ0) is 17.7. The van der Waals surface area contributed by atoms with Gasteiger partial charge in [0, 0.05) is 21.9 Å². The number of nitrogens with zero attached hydrogens (tertiary/aromatic N) is 2. The average Bonchev–Trinajstić information content (AvgIpc) is 3.00. The van der Waals surface area contributed by atoms with Gasteiger partial charge in [0.15, 0.2) is 0 Å². The minimum Gasteiger partial charge on any atom is -0.267 e. The predicted molar refractivity (Wildman–Crippen MR) is 107 cm³/mol. The van der Waals surface area contributed by atoms with E-state index in [0.717, 1.165) is 24.0 Å². The minimum absolute atomic E-state index is 0.00457. The van der Waals surface area contributed by atoms with Crippen molar-refractivity contribution in [2.24, 2.45) is 5.41 Å². The molecule has 1 atom stereocenters. The van der Waals surface area contributed by atoms with Crippen LogP contribution in [0.5, 0.6) is 0 Å². The number of fused-ring (bicyclic) bond motifs is 3. The highest BCUT2D eigenvalue weighted by atomic mass is 79.9. The number of benzene rings is 1. The van der Waals surface area contributed by atoms with E-state index in [9.17, 15) is 0 Å². The molecule has 2 aliphatic heterocycles. The molecule has 2 aliphatic rings. The fourth-order valence-electron chi connectivity index (χ4n) is 4.36. The van der Waals surface area contributed by atoms with Crippen molar-refractivity contribution in [2.75, 3.05) is 25.0 Å². The van der Waals surface area contributed by atoms with Gasteiger partial charge in [-0.1, -0.05) is 47.5 Å². The molecular formula is C21H28BrN2+. The van der Waals surface area contributed by atoms with Gasteiger partial charge in [0.05, 0.1) is 13.6 Å². The number of allylic oxidation sites excluding steroid dienone is 2. The molecule has 0 saturated heterocycles. The highest BCUT2D eigenvalue weighted by Gasteiger charge is 2.64. The van der Waals surface area contributed by atoms with Gasteiger partial charge in [-0.3, -0.25) is 4.58 Å².